The van der Waals surface area contributed by atoms with Gasteiger partial charge in [-0.25, -0.2) is 24.3 Å². The minimum absolute atomic E-state index is 0.259. The van der Waals surface area contributed by atoms with Gasteiger partial charge in [0.05, 0.1) is 19.0 Å². The number of carboxylic acid groups (broad SMARTS) is 1. The Hall–Kier alpha value is -2.07. The van der Waals surface area contributed by atoms with Crippen LogP contribution in [0, 0.1) is 0 Å². The van der Waals surface area contributed by atoms with E-state index in [2.05, 4.69) is 19.5 Å². The molecule has 3 atom stereocenters. The van der Waals surface area contributed by atoms with Gasteiger partial charge in [0.15, 0.2) is 11.5 Å². The molecule has 1 aliphatic rings. The van der Waals surface area contributed by atoms with Gasteiger partial charge in [0, 0.05) is 0 Å². The highest BCUT2D eigenvalue weighted by Crippen LogP contribution is 2.43. The van der Waals surface area contributed by atoms with Crippen LogP contribution in [0.5, 0.6) is 0 Å². The van der Waals surface area contributed by atoms with Crippen molar-refractivity contribution in [3.8, 4) is 0 Å². The van der Waals surface area contributed by atoms with Gasteiger partial charge < -0.3 is 20.5 Å². The predicted octanol–water partition coefficient (Wildman–Crippen LogP) is 0.966. The molecule has 1 aliphatic heterocycles. The van der Waals surface area contributed by atoms with Gasteiger partial charge in [0.25, 0.3) is 0 Å². The molecule has 4 N–H and O–H groups in total. The van der Waals surface area contributed by atoms with Crippen LogP contribution in [0.25, 0.3) is 11.2 Å². The molecule has 1 saturated heterocycles. The van der Waals surface area contributed by atoms with Crippen LogP contribution < -0.4 is 5.73 Å². The number of nitrogen functional groups attached to an aromatic ring is 1. The fourth-order valence-corrected chi connectivity index (χ4v) is 2.81. The molecule has 2 aromatic rings. The summed E-state index contributed by atoms with van der Waals surface area (Å²) in [5.41, 5.74) is 4.80. The smallest absolute Gasteiger partial charge is 0.435 e. The first-order valence-electron chi connectivity index (χ1n) is 6.68. The van der Waals surface area contributed by atoms with E-state index in [1.807, 2.05) is 0 Å². The highest BCUT2D eigenvalue weighted by molar-refractivity contribution is 7.70. The van der Waals surface area contributed by atoms with E-state index in [4.69, 9.17) is 20.5 Å². The summed E-state index contributed by atoms with van der Waals surface area (Å²) in [7, 11) is -4.66. The Kier molecular flexibility index (Phi) is 4.02. The highest BCUT2D eigenvalue weighted by Gasteiger charge is 2.34. The van der Waals surface area contributed by atoms with Gasteiger partial charge in [0.2, 0.25) is 0 Å². The van der Waals surface area contributed by atoms with Crippen LogP contribution in [0.1, 0.15) is 19.1 Å². The summed E-state index contributed by atoms with van der Waals surface area (Å²) in [5.74, 6) is 0.259. The molecule has 0 radical (unpaired) electrons. The largest absolute Gasteiger partial charge is 0.472 e. The average molecular weight is 343 g/mol. The van der Waals surface area contributed by atoms with Gasteiger partial charge in [-0.15, -0.1) is 0 Å². The normalized spacial score (nSPS) is 23.9. The number of rotatable bonds is 5. The van der Waals surface area contributed by atoms with Crippen LogP contribution in [0.3, 0.4) is 0 Å². The minimum atomic E-state index is -4.66. The first-order chi connectivity index (χ1) is 10.9. The van der Waals surface area contributed by atoms with Crippen LogP contribution in [0.15, 0.2) is 12.7 Å². The molecule has 11 nitrogen and oxygen atoms in total. The molecule has 2 aromatic heterocycles. The Labute approximate surface area is 129 Å². The molecule has 0 spiro atoms. The SMILES string of the molecule is Nc1ncnc2c1ncn2[C@H]1CC[C@@H](COP(=O)(O)C(=O)O)O1. The standard InChI is InChI=1S/C11H14N5O6P/c12-9-8-10(14-4-13-9)16(5-15-8)7-2-1-6(22-7)3-21-23(19,20)11(17)18/h4-7H,1-3H2,(H,17,18)(H,19,20)(H2,12,13,14)/t6-,7+/m0/s1. The molecular weight excluding hydrogens is 329 g/mol. The fourth-order valence-electron chi connectivity index (χ4n) is 2.33. The van der Waals surface area contributed by atoms with E-state index in [0.717, 1.165) is 0 Å². The number of hydrogen-bond donors (Lipinski definition) is 3. The summed E-state index contributed by atoms with van der Waals surface area (Å²) in [6.45, 7) is -0.291. The number of fused-ring (bicyclic) bond motifs is 1. The summed E-state index contributed by atoms with van der Waals surface area (Å²) in [6.07, 6.45) is 3.07. The lowest BCUT2D eigenvalue weighted by Crippen LogP contribution is -2.17. The Morgan fingerprint density at radius 1 is 1.48 bits per heavy atom. The first-order valence-corrected chi connectivity index (χ1v) is 8.25. The Bertz CT molecular complexity index is 794. The third-order valence-electron chi connectivity index (χ3n) is 3.46. The number of imidazole rings is 1. The van der Waals surface area contributed by atoms with Crippen LogP contribution >= 0.6 is 7.60 Å². The molecule has 0 saturated carbocycles. The zero-order valence-corrected chi connectivity index (χ0v) is 12.7. The Morgan fingerprint density at radius 2 is 2.26 bits per heavy atom. The van der Waals surface area contributed by atoms with Crippen molar-refractivity contribution in [2.45, 2.75) is 25.2 Å². The lowest BCUT2D eigenvalue weighted by molar-refractivity contribution is -0.0173. The van der Waals surface area contributed by atoms with Gasteiger partial charge in [-0.2, -0.15) is 0 Å². The topological polar surface area (TPSA) is 163 Å². The van der Waals surface area contributed by atoms with Crippen molar-refractivity contribution >= 4 is 30.3 Å². The quantitative estimate of drug-likeness (QED) is 0.666. The van der Waals surface area contributed by atoms with Crippen molar-refractivity contribution in [3.05, 3.63) is 12.7 Å². The monoisotopic (exact) mass is 343 g/mol. The number of nitrogens with two attached hydrogens (primary N) is 1. The van der Waals surface area contributed by atoms with Crippen molar-refractivity contribution in [3.63, 3.8) is 0 Å². The summed E-state index contributed by atoms with van der Waals surface area (Å²) in [4.78, 5) is 31.7. The number of aromatic nitrogens is 4. The van der Waals surface area contributed by atoms with Crippen molar-refractivity contribution < 1.29 is 28.6 Å². The molecule has 23 heavy (non-hydrogen) atoms. The van der Waals surface area contributed by atoms with Crippen molar-refractivity contribution in [2.24, 2.45) is 0 Å². The maximum atomic E-state index is 11.2. The third-order valence-corrected chi connectivity index (χ3v) is 4.44. The van der Waals surface area contributed by atoms with Crippen LogP contribution in [0.2, 0.25) is 0 Å². The summed E-state index contributed by atoms with van der Waals surface area (Å²) in [6, 6.07) is 0. The van der Waals surface area contributed by atoms with Gasteiger partial charge in [-0.05, 0) is 12.8 Å². The van der Waals surface area contributed by atoms with Crippen molar-refractivity contribution in [2.75, 3.05) is 12.3 Å². The number of nitrogens with zero attached hydrogens (tertiary/aromatic N) is 4. The van der Waals surface area contributed by atoms with E-state index >= 15 is 0 Å². The molecule has 1 fully saturated rings. The second kappa shape index (κ2) is 5.85. The fraction of sp³-hybridized carbons (Fsp3) is 0.455. The highest BCUT2D eigenvalue weighted by atomic mass is 31.2. The zero-order chi connectivity index (χ0) is 16.6. The lowest BCUT2D eigenvalue weighted by atomic mass is 10.2. The molecule has 3 rings (SSSR count). The minimum Gasteiger partial charge on any atom is -0.472 e. The van der Waals surface area contributed by atoms with E-state index in [-0.39, 0.29) is 12.4 Å². The van der Waals surface area contributed by atoms with Crippen molar-refractivity contribution in [1.29, 1.82) is 0 Å². The molecule has 0 aromatic carbocycles. The summed E-state index contributed by atoms with van der Waals surface area (Å²) >= 11 is 0. The lowest BCUT2D eigenvalue weighted by Gasteiger charge is -2.16. The van der Waals surface area contributed by atoms with Crippen LogP contribution in [0.4, 0.5) is 10.6 Å². The molecule has 12 heteroatoms. The molecule has 3 heterocycles. The number of ether oxygens (including phenoxy) is 1. The van der Waals surface area contributed by atoms with E-state index in [0.29, 0.717) is 24.0 Å². The van der Waals surface area contributed by atoms with E-state index < -0.39 is 25.6 Å². The van der Waals surface area contributed by atoms with Crippen LogP contribution in [-0.4, -0.2) is 47.9 Å². The molecule has 0 aliphatic carbocycles. The Balaban J connectivity index is 1.69. The van der Waals surface area contributed by atoms with Gasteiger partial charge in [-0.1, -0.05) is 0 Å². The number of carbonyl (C=O) groups is 1. The molecule has 1 unspecified atom stereocenters. The second-order valence-electron chi connectivity index (χ2n) is 4.97. The molecular formula is C11H14N5O6P. The maximum absolute atomic E-state index is 11.2. The average Bonchev–Trinajstić information content (AvgIpc) is 3.12. The molecule has 0 bridgehead atoms. The van der Waals surface area contributed by atoms with E-state index in [1.165, 1.54) is 12.7 Å². The number of hydrogen-bond acceptors (Lipinski definition) is 8. The number of anilines is 1. The van der Waals surface area contributed by atoms with E-state index in [1.54, 1.807) is 4.57 Å². The van der Waals surface area contributed by atoms with E-state index in [9.17, 15) is 9.36 Å². The van der Waals surface area contributed by atoms with Crippen LogP contribution in [-0.2, 0) is 13.8 Å². The second-order valence-corrected chi connectivity index (χ2v) is 6.65. The first kappa shape index (κ1) is 15.8. The van der Waals surface area contributed by atoms with Gasteiger partial charge in [0.1, 0.15) is 18.1 Å². The van der Waals surface area contributed by atoms with Gasteiger partial charge in [-0.3, -0.25) is 9.09 Å². The summed E-state index contributed by atoms with van der Waals surface area (Å²) in [5, 5.41) is 8.54. The predicted molar refractivity (Wildman–Crippen MR) is 76.7 cm³/mol. The third kappa shape index (κ3) is 3.04. The van der Waals surface area contributed by atoms with Crippen molar-refractivity contribution in [1.82, 2.24) is 19.5 Å². The molecule has 124 valence electrons. The zero-order valence-electron chi connectivity index (χ0n) is 11.8. The molecule has 0 amide bonds. The Morgan fingerprint density at radius 3 is 3.00 bits per heavy atom. The summed E-state index contributed by atoms with van der Waals surface area (Å²) < 4.78 is 23.2. The maximum Gasteiger partial charge on any atom is 0.435 e. The van der Waals surface area contributed by atoms with Gasteiger partial charge >= 0.3 is 13.3 Å².